The van der Waals surface area contributed by atoms with Crippen molar-refractivity contribution in [1.82, 2.24) is 5.43 Å². The lowest BCUT2D eigenvalue weighted by molar-refractivity contribution is -0.120. The number of nitrogens with zero attached hydrogens (tertiary/aromatic N) is 1. The molecule has 1 N–H and O–H groups in total. The van der Waals surface area contributed by atoms with E-state index in [1.54, 1.807) is 24.3 Å². The van der Waals surface area contributed by atoms with E-state index in [9.17, 15) is 4.79 Å². The Morgan fingerprint density at radius 3 is 2.66 bits per heavy atom. The summed E-state index contributed by atoms with van der Waals surface area (Å²) in [4.78, 5) is 12.3. The highest BCUT2D eigenvalue weighted by molar-refractivity contribution is 6.42. The number of benzene rings is 3. The first-order valence-corrected chi connectivity index (χ1v) is 9.69. The van der Waals surface area contributed by atoms with Gasteiger partial charge in [0, 0.05) is 5.56 Å². The molecule has 29 heavy (non-hydrogen) atoms. The van der Waals surface area contributed by atoms with Gasteiger partial charge in [-0.2, -0.15) is 5.10 Å². The van der Waals surface area contributed by atoms with Crippen LogP contribution in [-0.4, -0.2) is 12.1 Å². The van der Waals surface area contributed by atoms with E-state index in [-0.39, 0.29) is 12.3 Å². The Morgan fingerprint density at radius 2 is 1.79 bits per heavy atom. The quantitative estimate of drug-likeness (QED) is 0.312. The summed E-state index contributed by atoms with van der Waals surface area (Å²) < 4.78 is 5.72. The van der Waals surface area contributed by atoms with Crippen LogP contribution in [0.4, 0.5) is 0 Å². The first-order valence-electron chi connectivity index (χ1n) is 8.94. The summed E-state index contributed by atoms with van der Waals surface area (Å²) >= 11 is 12.0. The van der Waals surface area contributed by atoms with Crippen LogP contribution in [0, 0.1) is 0 Å². The van der Waals surface area contributed by atoms with E-state index < -0.39 is 0 Å². The first-order chi connectivity index (χ1) is 14.1. The molecule has 0 saturated carbocycles. The lowest BCUT2D eigenvalue weighted by Crippen LogP contribution is -2.19. The van der Waals surface area contributed by atoms with Crippen LogP contribution >= 0.6 is 23.2 Å². The molecule has 0 atom stereocenters. The molecule has 0 aliphatic carbocycles. The molecule has 0 unspecified atom stereocenters. The van der Waals surface area contributed by atoms with Crippen LogP contribution in [0.15, 0.2) is 82.3 Å². The van der Waals surface area contributed by atoms with Crippen LogP contribution in [-0.2, 0) is 11.2 Å². The molecule has 0 bridgehead atoms. The Hall–Kier alpha value is -3.08. The van der Waals surface area contributed by atoms with Crippen molar-refractivity contribution >= 4 is 46.1 Å². The Kier molecular flexibility index (Phi) is 5.65. The van der Waals surface area contributed by atoms with E-state index in [0.29, 0.717) is 21.6 Å². The summed E-state index contributed by atoms with van der Waals surface area (Å²) in [6, 6.07) is 22.7. The highest BCUT2D eigenvalue weighted by atomic mass is 35.5. The van der Waals surface area contributed by atoms with Gasteiger partial charge in [0.05, 0.1) is 22.7 Å². The number of halogens is 2. The second-order valence-electron chi connectivity index (χ2n) is 6.44. The van der Waals surface area contributed by atoms with Gasteiger partial charge in [-0.3, -0.25) is 4.79 Å². The Morgan fingerprint density at radius 1 is 0.966 bits per heavy atom. The zero-order valence-corrected chi connectivity index (χ0v) is 16.7. The van der Waals surface area contributed by atoms with Gasteiger partial charge in [0.1, 0.15) is 11.5 Å². The summed E-state index contributed by atoms with van der Waals surface area (Å²) in [7, 11) is 0. The van der Waals surface area contributed by atoms with Gasteiger partial charge in [-0.25, -0.2) is 5.43 Å². The third-order valence-electron chi connectivity index (χ3n) is 4.44. The minimum atomic E-state index is -0.200. The minimum absolute atomic E-state index is 0.200. The monoisotopic (exact) mass is 422 g/mol. The number of rotatable bonds is 5. The van der Waals surface area contributed by atoms with Gasteiger partial charge in [0.2, 0.25) is 5.91 Å². The molecule has 1 heterocycles. The van der Waals surface area contributed by atoms with E-state index in [0.717, 1.165) is 21.9 Å². The second kappa shape index (κ2) is 8.52. The molecule has 0 spiro atoms. The fraction of sp³-hybridized carbons (Fsp3) is 0.0435. The molecule has 0 fully saturated rings. The summed E-state index contributed by atoms with van der Waals surface area (Å²) in [6.45, 7) is 0. The zero-order chi connectivity index (χ0) is 20.2. The molecule has 0 radical (unpaired) electrons. The maximum Gasteiger partial charge on any atom is 0.244 e. The molecule has 6 heteroatoms. The van der Waals surface area contributed by atoms with Gasteiger partial charge < -0.3 is 4.42 Å². The third-order valence-corrected chi connectivity index (χ3v) is 5.18. The number of fused-ring (bicyclic) bond motifs is 1. The van der Waals surface area contributed by atoms with E-state index in [1.165, 1.54) is 6.21 Å². The molecular formula is C23H16Cl2N2O2. The molecule has 4 aromatic rings. The largest absolute Gasteiger partial charge is 0.455 e. The maximum absolute atomic E-state index is 12.3. The summed E-state index contributed by atoms with van der Waals surface area (Å²) in [5.74, 6) is 0.942. The van der Waals surface area contributed by atoms with Crippen molar-refractivity contribution in [3.8, 4) is 11.3 Å². The predicted octanol–water partition coefficient (Wildman–Crippen LogP) is 6.10. The molecule has 4 rings (SSSR count). The molecular weight excluding hydrogens is 407 g/mol. The Labute approximate surface area is 177 Å². The Bertz CT molecular complexity index is 1210. The number of hydrogen-bond acceptors (Lipinski definition) is 3. The highest BCUT2D eigenvalue weighted by Crippen LogP contribution is 2.29. The number of nitrogens with one attached hydrogen (secondary N) is 1. The van der Waals surface area contributed by atoms with Crippen LogP contribution in [0.1, 0.15) is 11.3 Å². The smallest absolute Gasteiger partial charge is 0.244 e. The number of amides is 1. The van der Waals surface area contributed by atoms with E-state index in [1.807, 2.05) is 48.5 Å². The van der Waals surface area contributed by atoms with Gasteiger partial charge in [-0.15, -0.1) is 0 Å². The second-order valence-corrected chi connectivity index (χ2v) is 7.25. The van der Waals surface area contributed by atoms with Crippen LogP contribution in [0.3, 0.4) is 0 Å². The van der Waals surface area contributed by atoms with Crippen LogP contribution in [0.5, 0.6) is 0 Å². The summed E-state index contributed by atoms with van der Waals surface area (Å²) in [6.07, 6.45) is 1.70. The SMILES string of the molecule is O=C(Cc1cccc2ccccc12)N/N=C/c1ccc(-c2ccc(Cl)c(Cl)c2)o1. The molecule has 1 amide bonds. The molecule has 4 nitrogen and oxygen atoms in total. The highest BCUT2D eigenvalue weighted by Gasteiger charge is 2.08. The van der Waals surface area contributed by atoms with Crippen LogP contribution < -0.4 is 5.43 Å². The van der Waals surface area contributed by atoms with Crippen molar-refractivity contribution in [2.24, 2.45) is 5.10 Å². The average Bonchev–Trinajstić information content (AvgIpc) is 3.19. The minimum Gasteiger partial charge on any atom is -0.455 e. The van der Waals surface area contributed by atoms with Crippen molar-refractivity contribution in [1.29, 1.82) is 0 Å². The molecule has 144 valence electrons. The van der Waals surface area contributed by atoms with Crippen LogP contribution in [0.2, 0.25) is 10.0 Å². The van der Waals surface area contributed by atoms with Gasteiger partial charge in [-0.1, -0.05) is 65.7 Å². The van der Waals surface area contributed by atoms with Crippen molar-refractivity contribution in [3.63, 3.8) is 0 Å². The van der Waals surface area contributed by atoms with Gasteiger partial charge in [0.15, 0.2) is 0 Å². The topological polar surface area (TPSA) is 54.6 Å². The predicted molar refractivity (Wildman–Crippen MR) is 118 cm³/mol. The lowest BCUT2D eigenvalue weighted by atomic mass is 10.0. The number of furan rings is 1. The fourth-order valence-electron chi connectivity index (χ4n) is 3.05. The normalized spacial score (nSPS) is 11.2. The molecule has 1 aromatic heterocycles. The molecule has 0 aliphatic heterocycles. The van der Waals surface area contributed by atoms with Gasteiger partial charge >= 0.3 is 0 Å². The maximum atomic E-state index is 12.3. The van der Waals surface area contributed by atoms with Crippen molar-refractivity contribution in [3.05, 3.63) is 94.2 Å². The van der Waals surface area contributed by atoms with Gasteiger partial charge in [0.25, 0.3) is 0 Å². The lowest BCUT2D eigenvalue weighted by Gasteiger charge is -2.05. The number of hydrogen-bond donors (Lipinski definition) is 1. The number of hydrazone groups is 1. The number of carbonyl (C=O) groups excluding carboxylic acids is 1. The van der Waals surface area contributed by atoms with Crippen molar-refractivity contribution in [2.75, 3.05) is 0 Å². The zero-order valence-electron chi connectivity index (χ0n) is 15.2. The van der Waals surface area contributed by atoms with Gasteiger partial charge in [-0.05, 0) is 46.7 Å². The molecule has 3 aromatic carbocycles. The van der Waals surface area contributed by atoms with Crippen LogP contribution in [0.25, 0.3) is 22.1 Å². The number of carbonyl (C=O) groups is 1. The van der Waals surface area contributed by atoms with Crippen molar-refractivity contribution < 1.29 is 9.21 Å². The Balaban J connectivity index is 1.40. The fourth-order valence-corrected chi connectivity index (χ4v) is 3.35. The summed E-state index contributed by atoms with van der Waals surface area (Å²) in [5.41, 5.74) is 4.30. The van der Waals surface area contributed by atoms with Crippen molar-refractivity contribution in [2.45, 2.75) is 6.42 Å². The van der Waals surface area contributed by atoms with E-state index >= 15 is 0 Å². The van der Waals surface area contributed by atoms with E-state index in [2.05, 4.69) is 10.5 Å². The molecule has 0 saturated heterocycles. The molecule has 0 aliphatic rings. The first kappa shape index (κ1) is 19.2. The standard InChI is InChI=1S/C23H16Cl2N2O2/c24-20-10-8-17(12-21(20)25)22-11-9-18(29-22)14-26-27-23(28)13-16-6-3-5-15-4-1-2-7-19(15)16/h1-12,14H,13H2,(H,27,28)/b26-14+. The third kappa shape index (κ3) is 4.50. The summed E-state index contributed by atoms with van der Waals surface area (Å²) in [5, 5.41) is 7.09. The van der Waals surface area contributed by atoms with E-state index in [4.69, 9.17) is 27.6 Å². The average molecular weight is 423 g/mol.